The number of hydrogen-bond acceptors (Lipinski definition) is 8. The Kier molecular flexibility index (Phi) is 18.4. The van der Waals surface area contributed by atoms with Gasteiger partial charge in [0.15, 0.2) is 0 Å². The lowest BCUT2D eigenvalue weighted by molar-refractivity contribution is 0.00227. The van der Waals surface area contributed by atoms with Crippen molar-refractivity contribution in [2.24, 2.45) is 35.5 Å². The second kappa shape index (κ2) is 24.1. The highest BCUT2D eigenvalue weighted by molar-refractivity contribution is 8.04. The molecule has 366 valence electrons. The minimum absolute atomic E-state index is 0.391. The number of aliphatic hydroxyl groups excluding tert-OH is 2. The normalized spacial score (nSPS) is 46.3. The third kappa shape index (κ3) is 11.9. The molecule has 6 atom stereocenters. The van der Waals surface area contributed by atoms with E-state index in [0.717, 1.165) is 116 Å². The average Bonchev–Trinajstić information content (AvgIpc) is 4.21. The molecule has 4 heterocycles. The summed E-state index contributed by atoms with van der Waals surface area (Å²) in [6.07, 6.45) is 49.0. The SMILES string of the molecule is OCCC1CCC(N(C2CCC(C3CCCS3)CC2)C2CCC(C3CCC(C4CCC(C5CCC(N(C6CCC(CCO)CC6)C6CCC(C7CCCS7)CC6)CC5)S4)S3)CC2)CC1. The maximum absolute atomic E-state index is 9.69. The zero-order valence-electron chi connectivity index (χ0n) is 40.7. The first-order valence-electron chi connectivity index (χ1n) is 28.9. The Labute approximate surface area is 410 Å². The monoisotopic (exact) mass is 957 g/mol. The summed E-state index contributed by atoms with van der Waals surface area (Å²) in [5, 5.41) is 25.1. The maximum atomic E-state index is 9.69. The smallest absolute Gasteiger partial charge is 0.0433 e. The van der Waals surface area contributed by atoms with E-state index >= 15 is 0 Å². The largest absolute Gasteiger partial charge is 0.396 e. The van der Waals surface area contributed by atoms with E-state index in [9.17, 15) is 10.2 Å². The standard InChI is InChI=1S/C56H96N2O2S4/c59-35-33-39-5-17-45(18-6-39)57(47-21-9-41(10-22-47)51-3-1-37-61-51)49-25-13-43(14-26-49)53-29-31-55(63-53)56-32-30-54(64-56)44-15-27-50(28-16-44)58(46-19-7-40(8-20-46)34-36-60)48-23-11-42(12-24-48)52-4-2-38-62-52/h39-56,59-60H,1-38H2. The average molecular weight is 958 g/mol. The van der Waals surface area contributed by atoms with Gasteiger partial charge in [0.25, 0.3) is 0 Å². The summed E-state index contributed by atoms with van der Waals surface area (Å²) in [7, 11) is 0. The van der Waals surface area contributed by atoms with Crippen LogP contribution in [0.15, 0.2) is 0 Å². The molecule has 4 nitrogen and oxygen atoms in total. The van der Waals surface area contributed by atoms with Crippen LogP contribution in [0.1, 0.15) is 218 Å². The van der Waals surface area contributed by atoms with Gasteiger partial charge in [-0.15, -0.1) is 0 Å². The Balaban J connectivity index is 0.687. The van der Waals surface area contributed by atoms with Gasteiger partial charge in [0, 0.05) is 81.0 Å². The van der Waals surface area contributed by atoms with Gasteiger partial charge in [0.05, 0.1) is 0 Å². The van der Waals surface area contributed by atoms with E-state index in [1.54, 1.807) is 0 Å². The lowest BCUT2D eigenvalue weighted by Crippen LogP contribution is -2.53. The van der Waals surface area contributed by atoms with Crippen LogP contribution >= 0.6 is 47.0 Å². The van der Waals surface area contributed by atoms with E-state index in [-0.39, 0.29) is 0 Å². The number of nitrogens with zero attached hydrogens (tertiary/aromatic N) is 2. The second-order valence-corrected chi connectivity index (χ2v) is 29.9. The fraction of sp³-hybridized carbons (Fsp3) is 1.00. The lowest BCUT2D eigenvalue weighted by atomic mass is 9.76. The van der Waals surface area contributed by atoms with Crippen molar-refractivity contribution in [3.63, 3.8) is 0 Å². The number of aliphatic hydroxyl groups is 2. The van der Waals surface area contributed by atoms with E-state index in [4.69, 9.17) is 0 Å². The molecule has 10 rings (SSSR count). The summed E-state index contributed by atoms with van der Waals surface area (Å²) in [4.78, 5) is 6.45. The van der Waals surface area contributed by atoms with Gasteiger partial charge in [-0.25, -0.2) is 0 Å². The molecule has 10 fully saturated rings. The topological polar surface area (TPSA) is 46.9 Å². The molecule has 0 spiro atoms. The Morgan fingerprint density at radius 1 is 0.297 bits per heavy atom. The molecular weight excluding hydrogens is 861 g/mol. The Bertz CT molecular complexity index is 1250. The van der Waals surface area contributed by atoms with E-state index in [1.165, 1.54) is 217 Å². The van der Waals surface area contributed by atoms with Crippen molar-refractivity contribution >= 4 is 47.0 Å². The third-order valence-electron chi connectivity index (χ3n) is 20.8. The molecule has 6 saturated carbocycles. The van der Waals surface area contributed by atoms with Gasteiger partial charge in [0.1, 0.15) is 0 Å². The Morgan fingerprint density at radius 2 is 0.578 bits per heavy atom. The summed E-state index contributed by atoms with van der Waals surface area (Å²) in [5.74, 6) is 8.37. The minimum Gasteiger partial charge on any atom is -0.396 e. The predicted molar refractivity (Wildman–Crippen MR) is 281 cm³/mol. The van der Waals surface area contributed by atoms with Gasteiger partial charge < -0.3 is 10.2 Å². The zero-order chi connectivity index (χ0) is 43.2. The van der Waals surface area contributed by atoms with Crippen LogP contribution in [-0.4, -0.2) is 112 Å². The number of thioether (sulfide) groups is 4. The van der Waals surface area contributed by atoms with Crippen LogP contribution in [0.4, 0.5) is 0 Å². The van der Waals surface area contributed by atoms with Crippen LogP contribution in [0.2, 0.25) is 0 Å². The molecule has 64 heavy (non-hydrogen) atoms. The first kappa shape index (κ1) is 48.8. The second-order valence-electron chi connectivity index (χ2n) is 24.2. The molecule has 6 aliphatic carbocycles. The lowest BCUT2D eigenvalue weighted by Gasteiger charge is -2.50. The molecular formula is C56H96N2O2S4. The predicted octanol–water partition coefficient (Wildman–Crippen LogP) is 14.0. The van der Waals surface area contributed by atoms with Gasteiger partial charge in [-0.2, -0.15) is 47.0 Å². The van der Waals surface area contributed by atoms with E-state index in [1.807, 2.05) is 0 Å². The van der Waals surface area contributed by atoms with Gasteiger partial charge in [0.2, 0.25) is 0 Å². The van der Waals surface area contributed by atoms with Gasteiger partial charge >= 0.3 is 0 Å². The van der Waals surface area contributed by atoms with Crippen molar-refractivity contribution in [1.82, 2.24) is 9.80 Å². The fourth-order valence-electron chi connectivity index (χ4n) is 17.3. The summed E-state index contributed by atoms with van der Waals surface area (Å²) in [6.45, 7) is 0.781. The molecule has 0 aromatic carbocycles. The number of rotatable bonds is 15. The summed E-state index contributed by atoms with van der Waals surface area (Å²) < 4.78 is 0. The van der Waals surface area contributed by atoms with Crippen LogP contribution in [0, 0.1) is 35.5 Å². The summed E-state index contributed by atoms with van der Waals surface area (Å²) in [5.41, 5.74) is 0. The van der Waals surface area contributed by atoms with Gasteiger partial charge in [-0.05, 0) is 265 Å². The molecule has 0 aromatic rings. The minimum atomic E-state index is 0.391. The summed E-state index contributed by atoms with van der Waals surface area (Å²) >= 11 is 9.66. The molecule has 4 saturated heterocycles. The van der Waals surface area contributed by atoms with Crippen molar-refractivity contribution < 1.29 is 10.2 Å². The highest BCUT2D eigenvalue weighted by Crippen LogP contribution is 2.54. The van der Waals surface area contributed by atoms with Crippen LogP contribution in [0.25, 0.3) is 0 Å². The van der Waals surface area contributed by atoms with Gasteiger partial charge in [-0.1, -0.05) is 0 Å². The third-order valence-corrected chi connectivity index (χ3v) is 27.9. The first-order chi connectivity index (χ1) is 31.6. The van der Waals surface area contributed by atoms with Crippen molar-refractivity contribution in [2.45, 2.75) is 286 Å². The molecule has 0 bridgehead atoms. The summed E-state index contributed by atoms with van der Waals surface area (Å²) in [6, 6.07) is 5.02. The molecule has 0 amide bonds. The van der Waals surface area contributed by atoms with Crippen molar-refractivity contribution in [2.75, 3.05) is 24.7 Å². The Hall–Kier alpha value is 1.24. The molecule has 4 aliphatic heterocycles. The van der Waals surface area contributed by atoms with Crippen molar-refractivity contribution in [3.8, 4) is 0 Å². The van der Waals surface area contributed by atoms with Crippen LogP contribution in [-0.2, 0) is 0 Å². The van der Waals surface area contributed by atoms with Crippen LogP contribution in [0.5, 0.6) is 0 Å². The van der Waals surface area contributed by atoms with E-state index in [2.05, 4.69) is 56.8 Å². The maximum Gasteiger partial charge on any atom is 0.0433 e. The van der Waals surface area contributed by atoms with Crippen LogP contribution in [0.3, 0.4) is 0 Å². The highest BCUT2D eigenvalue weighted by Gasteiger charge is 2.46. The molecule has 0 radical (unpaired) electrons. The molecule has 2 N–H and O–H groups in total. The van der Waals surface area contributed by atoms with Gasteiger partial charge in [-0.3, -0.25) is 9.80 Å². The zero-order valence-corrected chi connectivity index (χ0v) is 44.0. The first-order valence-corrected chi connectivity index (χ1v) is 32.9. The van der Waals surface area contributed by atoms with E-state index in [0.29, 0.717) is 13.2 Å². The quantitative estimate of drug-likeness (QED) is 0.168. The molecule has 10 aliphatic rings. The number of hydrogen-bond donors (Lipinski definition) is 2. The molecule has 8 heteroatoms. The highest BCUT2D eigenvalue weighted by atomic mass is 32.2. The van der Waals surface area contributed by atoms with Crippen molar-refractivity contribution in [3.05, 3.63) is 0 Å². The van der Waals surface area contributed by atoms with Crippen molar-refractivity contribution in [1.29, 1.82) is 0 Å². The Morgan fingerprint density at radius 3 is 0.859 bits per heavy atom. The van der Waals surface area contributed by atoms with E-state index < -0.39 is 0 Å². The fourth-order valence-corrected chi connectivity index (χ4v) is 24.3. The molecule has 6 unspecified atom stereocenters. The molecule has 0 aromatic heterocycles. The van der Waals surface area contributed by atoms with Crippen LogP contribution < -0.4 is 0 Å².